The zero-order valence-electron chi connectivity index (χ0n) is 9.42. The predicted octanol–water partition coefficient (Wildman–Crippen LogP) is 3.20. The summed E-state index contributed by atoms with van der Waals surface area (Å²) in [6.45, 7) is 6.06. The molecule has 0 N–H and O–H groups in total. The topological polar surface area (TPSA) is 17.1 Å². The van der Waals surface area contributed by atoms with E-state index in [4.69, 9.17) is 0 Å². The highest BCUT2D eigenvalue weighted by atomic mass is 16.1. The van der Waals surface area contributed by atoms with Gasteiger partial charge in [-0.3, -0.25) is 4.79 Å². The van der Waals surface area contributed by atoms with Gasteiger partial charge < -0.3 is 0 Å². The van der Waals surface area contributed by atoms with E-state index in [9.17, 15) is 4.79 Å². The molecule has 0 aliphatic heterocycles. The van der Waals surface area contributed by atoms with Gasteiger partial charge in [0.05, 0.1) is 0 Å². The van der Waals surface area contributed by atoms with Crippen LogP contribution in [0.25, 0.3) is 0 Å². The Kier molecular flexibility index (Phi) is 2.50. The van der Waals surface area contributed by atoms with Crippen LogP contribution in [-0.2, 0) is 4.79 Å². The summed E-state index contributed by atoms with van der Waals surface area (Å²) < 4.78 is 0. The zero-order valence-corrected chi connectivity index (χ0v) is 9.42. The monoisotopic (exact) mass is 192 g/mol. The number of hydrogen-bond acceptors (Lipinski definition) is 1. The molecule has 2 bridgehead atoms. The first-order valence-electron chi connectivity index (χ1n) is 5.75. The van der Waals surface area contributed by atoms with Gasteiger partial charge in [-0.1, -0.05) is 11.6 Å². The minimum absolute atomic E-state index is 0.351. The lowest BCUT2D eigenvalue weighted by molar-refractivity contribution is -0.123. The second-order valence-corrected chi connectivity index (χ2v) is 5.29. The van der Waals surface area contributed by atoms with E-state index in [0.717, 1.165) is 5.92 Å². The van der Waals surface area contributed by atoms with Gasteiger partial charge in [0.15, 0.2) is 0 Å². The summed E-state index contributed by atoms with van der Waals surface area (Å²) in [7, 11) is 0. The Hall–Kier alpha value is -0.590. The summed E-state index contributed by atoms with van der Waals surface area (Å²) in [6, 6.07) is 0. The van der Waals surface area contributed by atoms with Gasteiger partial charge in [-0.15, -0.1) is 0 Å². The highest BCUT2D eigenvalue weighted by Gasteiger charge is 2.48. The third kappa shape index (κ3) is 1.53. The van der Waals surface area contributed by atoms with Crippen LogP contribution in [0.3, 0.4) is 0 Å². The van der Waals surface area contributed by atoms with Crippen molar-refractivity contribution < 1.29 is 4.79 Å². The smallest absolute Gasteiger partial charge is 0.133 e. The Morgan fingerprint density at radius 3 is 2.36 bits per heavy atom. The molecule has 1 heteroatoms. The first-order chi connectivity index (χ1) is 6.59. The molecule has 2 saturated carbocycles. The molecule has 2 aliphatic rings. The third-order valence-electron chi connectivity index (χ3n) is 3.98. The standard InChI is InChI=1S/C13H20O/c1-8(2)6-12-10-4-5-11(7-10)13(12)9(3)14/h6,10-13H,4-5,7H2,1-3H3. The minimum Gasteiger partial charge on any atom is -0.300 e. The third-order valence-corrected chi connectivity index (χ3v) is 3.98. The highest BCUT2D eigenvalue weighted by Crippen LogP contribution is 2.53. The molecule has 4 atom stereocenters. The average Bonchev–Trinajstić information content (AvgIpc) is 2.61. The van der Waals surface area contributed by atoms with Gasteiger partial charge in [-0.05, 0) is 57.8 Å². The van der Waals surface area contributed by atoms with E-state index in [-0.39, 0.29) is 0 Å². The van der Waals surface area contributed by atoms with Gasteiger partial charge in [0.25, 0.3) is 0 Å². The van der Waals surface area contributed by atoms with Crippen LogP contribution in [0.5, 0.6) is 0 Å². The maximum atomic E-state index is 11.6. The Balaban J connectivity index is 2.21. The summed E-state index contributed by atoms with van der Waals surface area (Å²) in [4.78, 5) is 11.6. The van der Waals surface area contributed by atoms with Crippen LogP contribution in [-0.4, -0.2) is 5.78 Å². The Labute approximate surface area is 86.6 Å². The van der Waals surface area contributed by atoms with E-state index in [1.807, 2.05) is 0 Å². The van der Waals surface area contributed by atoms with Gasteiger partial charge in [0, 0.05) is 5.92 Å². The Morgan fingerprint density at radius 1 is 1.14 bits per heavy atom. The summed E-state index contributed by atoms with van der Waals surface area (Å²) in [5.41, 5.74) is 1.37. The van der Waals surface area contributed by atoms with E-state index in [1.54, 1.807) is 6.92 Å². The maximum Gasteiger partial charge on any atom is 0.133 e. The molecule has 0 saturated heterocycles. The van der Waals surface area contributed by atoms with Crippen molar-refractivity contribution in [1.82, 2.24) is 0 Å². The quantitative estimate of drug-likeness (QED) is 0.614. The molecule has 0 amide bonds. The highest BCUT2D eigenvalue weighted by molar-refractivity contribution is 5.79. The second-order valence-electron chi connectivity index (χ2n) is 5.29. The SMILES string of the molecule is CC(=O)C1C2CCC(C2)C1C=C(C)C. The number of allylic oxidation sites excluding steroid dienone is 2. The van der Waals surface area contributed by atoms with Crippen LogP contribution in [0, 0.1) is 23.7 Å². The molecule has 78 valence electrons. The fourth-order valence-electron chi connectivity index (χ4n) is 3.56. The molecule has 14 heavy (non-hydrogen) atoms. The van der Waals surface area contributed by atoms with E-state index in [2.05, 4.69) is 19.9 Å². The van der Waals surface area contributed by atoms with Crippen LogP contribution >= 0.6 is 0 Å². The van der Waals surface area contributed by atoms with Crippen molar-refractivity contribution in [1.29, 1.82) is 0 Å². The lowest BCUT2D eigenvalue weighted by atomic mass is 9.76. The van der Waals surface area contributed by atoms with Crippen molar-refractivity contribution >= 4 is 5.78 Å². The molecule has 0 radical (unpaired) electrons. The average molecular weight is 192 g/mol. The first-order valence-corrected chi connectivity index (χ1v) is 5.75. The fourth-order valence-corrected chi connectivity index (χ4v) is 3.56. The molecular weight excluding hydrogens is 172 g/mol. The molecule has 1 nitrogen and oxygen atoms in total. The Bertz CT molecular complexity index is 273. The summed E-state index contributed by atoms with van der Waals surface area (Å²) >= 11 is 0. The zero-order chi connectivity index (χ0) is 10.3. The van der Waals surface area contributed by atoms with Crippen molar-refractivity contribution in [2.24, 2.45) is 23.7 Å². The molecular formula is C13H20O. The normalized spacial score (nSPS) is 39.9. The fraction of sp³-hybridized carbons (Fsp3) is 0.769. The molecule has 0 aromatic heterocycles. The largest absolute Gasteiger partial charge is 0.300 e. The number of ketones is 1. The first kappa shape index (κ1) is 9.95. The van der Waals surface area contributed by atoms with Gasteiger partial charge in [0.1, 0.15) is 5.78 Å². The molecule has 0 aromatic carbocycles. The van der Waals surface area contributed by atoms with Crippen molar-refractivity contribution in [3.05, 3.63) is 11.6 Å². The molecule has 0 aromatic rings. The van der Waals surface area contributed by atoms with E-state index in [0.29, 0.717) is 23.5 Å². The van der Waals surface area contributed by atoms with Crippen molar-refractivity contribution in [3.63, 3.8) is 0 Å². The lowest BCUT2D eigenvalue weighted by Gasteiger charge is -2.27. The number of carbonyl (C=O) groups is 1. The van der Waals surface area contributed by atoms with E-state index >= 15 is 0 Å². The second kappa shape index (κ2) is 3.52. The van der Waals surface area contributed by atoms with Crippen molar-refractivity contribution in [2.75, 3.05) is 0 Å². The minimum atomic E-state index is 0.351. The maximum absolute atomic E-state index is 11.6. The van der Waals surface area contributed by atoms with Crippen molar-refractivity contribution in [2.45, 2.75) is 40.0 Å². The summed E-state index contributed by atoms with van der Waals surface area (Å²) in [5, 5.41) is 0. The van der Waals surface area contributed by atoms with Crippen LogP contribution in [0.4, 0.5) is 0 Å². The molecule has 2 rings (SSSR count). The molecule has 0 spiro atoms. The number of carbonyl (C=O) groups excluding carboxylic acids is 1. The van der Waals surface area contributed by atoms with E-state index in [1.165, 1.54) is 24.8 Å². The predicted molar refractivity (Wildman–Crippen MR) is 57.9 cm³/mol. The summed E-state index contributed by atoms with van der Waals surface area (Å²) in [6.07, 6.45) is 6.29. The lowest BCUT2D eigenvalue weighted by Crippen LogP contribution is -2.26. The number of fused-ring (bicyclic) bond motifs is 2. The number of hydrogen-bond donors (Lipinski definition) is 0. The molecule has 2 fully saturated rings. The van der Waals surface area contributed by atoms with Crippen LogP contribution in [0.2, 0.25) is 0 Å². The number of Topliss-reactive ketones (excluding diaryl/α,β-unsaturated/α-hetero) is 1. The van der Waals surface area contributed by atoms with Crippen molar-refractivity contribution in [3.8, 4) is 0 Å². The van der Waals surface area contributed by atoms with Gasteiger partial charge >= 0.3 is 0 Å². The van der Waals surface area contributed by atoms with Gasteiger partial charge in [0.2, 0.25) is 0 Å². The van der Waals surface area contributed by atoms with E-state index < -0.39 is 0 Å². The molecule has 0 heterocycles. The number of rotatable bonds is 2. The van der Waals surface area contributed by atoms with Gasteiger partial charge in [-0.25, -0.2) is 0 Å². The Morgan fingerprint density at radius 2 is 1.79 bits per heavy atom. The molecule has 4 unspecified atom stereocenters. The van der Waals surface area contributed by atoms with Crippen LogP contribution < -0.4 is 0 Å². The molecule has 2 aliphatic carbocycles. The van der Waals surface area contributed by atoms with Crippen LogP contribution in [0.15, 0.2) is 11.6 Å². The van der Waals surface area contributed by atoms with Crippen LogP contribution in [0.1, 0.15) is 40.0 Å². The summed E-state index contributed by atoms with van der Waals surface area (Å²) in [5.74, 6) is 2.85. The van der Waals surface area contributed by atoms with Gasteiger partial charge in [-0.2, -0.15) is 0 Å².